The molecule has 0 radical (unpaired) electrons. The van der Waals surface area contributed by atoms with Crippen LogP contribution in [0.15, 0.2) is 57.8 Å². The lowest BCUT2D eigenvalue weighted by Gasteiger charge is -2.39. The van der Waals surface area contributed by atoms with Gasteiger partial charge in [0.25, 0.3) is 0 Å². The fraction of sp³-hybridized carbons (Fsp3) is 0.639. The maximum atomic E-state index is 14.0. The molecule has 0 N–H and O–H groups in total. The van der Waals surface area contributed by atoms with Gasteiger partial charge >= 0.3 is 0 Å². The number of rotatable bonds is 15. The highest BCUT2D eigenvalue weighted by molar-refractivity contribution is 7.92. The zero-order chi connectivity index (χ0) is 34.4. The summed E-state index contributed by atoms with van der Waals surface area (Å²) < 4.78 is 41.5. The van der Waals surface area contributed by atoms with Crippen molar-refractivity contribution in [3.8, 4) is 0 Å². The Bertz CT molecular complexity index is 1400. The van der Waals surface area contributed by atoms with E-state index in [0.717, 1.165) is 21.8 Å². The lowest BCUT2D eigenvalue weighted by Crippen LogP contribution is -2.44. The summed E-state index contributed by atoms with van der Waals surface area (Å²) in [4.78, 5) is 5.03. The molecule has 0 unspecified atom stereocenters. The van der Waals surface area contributed by atoms with Gasteiger partial charge in [-0.25, -0.2) is 13.4 Å². The van der Waals surface area contributed by atoms with Crippen LogP contribution in [-0.4, -0.2) is 48.0 Å². The minimum atomic E-state index is -3.54. The Hall–Kier alpha value is -1.37. The third kappa shape index (κ3) is 11.7. The number of aryl methyl sites for hydroxylation is 1. The number of allylic oxidation sites excluding steroid dienone is 1. The van der Waals surface area contributed by atoms with E-state index in [2.05, 4.69) is 111 Å². The van der Waals surface area contributed by atoms with Crippen LogP contribution in [0.25, 0.3) is 6.08 Å². The minimum Gasteiger partial charge on any atom is -0.417 e. The summed E-state index contributed by atoms with van der Waals surface area (Å²) in [5, 5.41) is 2.76. The molecule has 45 heavy (non-hydrogen) atoms. The molecule has 1 aromatic heterocycles. The zero-order valence-corrected chi connectivity index (χ0v) is 34.2. The monoisotopic (exact) mass is 691 g/mol. The molecule has 254 valence electrons. The standard InChI is InChI=1S/C36H61NO4S2Si2/c1-27(20-21-34(41-45(13,14)36(8,9)10)29(3)24-31-26-42-30(4)37-31)22-33(43(38,39)32-18-16-15-17-19-32)23-28(2)25-40-44(11,12)35(5,6)7/h15-20,24,26,28,33-34H,21-23,25H2,1-14H3/b27-20+,29-24+/t28-,33-,34-/m0/s1. The van der Waals surface area contributed by atoms with Gasteiger partial charge in [-0.15, -0.1) is 11.3 Å². The lowest BCUT2D eigenvalue weighted by atomic mass is 10.00. The summed E-state index contributed by atoms with van der Waals surface area (Å²) in [7, 11) is -7.56. The molecule has 0 aliphatic rings. The van der Waals surface area contributed by atoms with Crippen molar-refractivity contribution >= 4 is 43.9 Å². The topological polar surface area (TPSA) is 65.5 Å². The van der Waals surface area contributed by atoms with Gasteiger partial charge in [0.05, 0.1) is 27.0 Å². The number of benzene rings is 1. The molecule has 0 fully saturated rings. The quantitative estimate of drug-likeness (QED) is 0.137. The van der Waals surface area contributed by atoms with Gasteiger partial charge < -0.3 is 8.85 Å². The van der Waals surface area contributed by atoms with Gasteiger partial charge in [-0.2, -0.15) is 0 Å². The zero-order valence-electron chi connectivity index (χ0n) is 30.6. The largest absolute Gasteiger partial charge is 0.417 e. The molecule has 0 amide bonds. The third-order valence-corrected chi connectivity index (χ3v) is 21.6. The van der Waals surface area contributed by atoms with Gasteiger partial charge in [0, 0.05) is 12.0 Å². The highest BCUT2D eigenvalue weighted by Crippen LogP contribution is 2.39. The average molecular weight is 692 g/mol. The van der Waals surface area contributed by atoms with Crippen LogP contribution in [0.4, 0.5) is 0 Å². The first-order valence-corrected chi connectivity index (χ1v) is 24.6. The van der Waals surface area contributed by atoms with Crippen LogP contribution in [-0.2, 0) is 18.7 Å². The highest BCUT2D eigenvalue weighted by atomic mass is 32.2. The molecule has 5 nitrogen and oxygen atoms in total. The van der Waals surface area contributed by atoms with Crippen molar-refractivity contribution in [2.75, 3.05) is 6.61 Å². The Morgan fingerprint density at radius 3 is 2.07 bits per heavy atom. The molecule has 0 saturated heterocycles. The molecule has 0 bridgehead atoms. The van der Waals surface area contributed by atoms with Gasteiger partial charge in [0.2, 0.25) is 0 Å². The van der Waals surface area contributed by atoms with Crippen LogP contribution in [0.1, 0.15) is 92.3 Å². The molecule has 0 saturated carbocycles. The van der Waals surface area contributed by atoms with Gasteiger partial charge in [-0.05, 0) is 106 Å². The van der Waals surface area contributed by atoms with Crippen molar-refractivity contribution < 1.29 is 17.3 Å². The average Bonchev–Trinajstić information content (AvgIpc) is 3.32. The summed E-state index contributed by atoms with van der Waals surface area (Å²) >= 11 is 1.65. The van der Waals surface area contributed by atoms with Crippen LogP contribution >= 0.6 is 11.3 Å². The molecular weight excluding hydrogens is 631 g/mol. The SMILES string of the molecule is C/C(=C\C[C@H](O[Si](C)(C)C(C)(C)C)/C(C)=C/c1csc(C)n1)C[C@@H](C[C@H](C)CO[Si](C)(C)C(C)(C)C)S(=O)(=O)c1ccccc1. The first-order valence-electron chi connectivity index (χ1n) is 16.3. The van der Waals surface area contributed by atoms with Crippen LogP contribution in [0.5, 0.6) is 0 Å². The van der Waals surface area contributed by atoms with E-state index in [9.17, 15) is 8.42 Å². The predicted octanol–water partition coefficient (Wildman–Crippen LogP) is 10.9. The Kier molecular flexibility index (Phi) is 13.9. The Morgan fingerprint density at radius 2 is 1.56 bits per heavy atom. The lowest BCUT2D eigenvalue weighted by molar-refractivity contribution is 0.217. The van der Waals surface area contributed by atoms with Gasteiger partial charge in [-0.1, -0.05) is 78.3 Å². The van der Waals surface area contributed by atoms with Crippen molar-refractivity contribution in [3.63, 3.8) is 0 Å². The summed E-state index contributed by atoms with van der Waals surface area (Å²) in [6, 6.07) is 8.90. The number of hydrogen-bond acceptors (Lipinski definition) is 6. The molecular formula is C36H61NO4S2Si2. The smallest absolute Gasteiger partial charge is 0.192 e. The first-order chi connectivity index (χ1) is 20.5. The minimum absolute atomic E-state index is 0.0684. The fourth-order valence-electron chi connectivity index (χ4n) is 4.59. The van der Waals surface area contributed by atoms with E-state index in [4.69, 9.17) is 8.85 Å². The Labute approximate surface area is 282 Å². The van der Waals surface area contributed by atoms with E-state index in [0.29, 0.717) is 30.8 Å². The second-order valence-electron chi connectivity index (χ2n) is 15.9. The predicted molar refractivity (Wildman–Crippen MR) is 200 cm³/mol. The third-order valence-electron chi connectivity index (χ3n) is 9.70. The van der Waals surface area contributed by atoms with E-state index in [1.54, 1.807) is 35.6 Å². The van der Waals surface area contributed by atoms with Crippen LogP contribution in [0.3, 0.4) is 0 Å². The molecule has 9 heteroatoms. The Morgan fingerprint density at radius 1 is 0.978 bits per heavy atom. The maximum absolute atomic E-state index is 14.0. The van der Waals surface area contributed by atoms with Crippen LogP contribution in [0, 0.1) is 12.8 Å². The first kappa shape index (κ1) is 39.8. The molecule has 2 rings (SSSR count). The van der Waals surface area contributed by atoms with E-state index in [-0.39, 0.29) is 22.1 Å². The van der Waals surface area contributed by atoms with E-state index >= 15 is 0 Å². The summed E-state index contributed by atoms with van der Waals surface area (Å²) in [6.07, 6.45) is 5.93. The molecule has 0 aliphatic heterocycles. The fourth-order valence-corrected chi connectivity index (χ4v) is 9.63. The van der Waals surface area contributed by atoms with Gasteiger partial charge in [-0.3, -0.25) is 0 Å². The molecule has 1 aromatic carbocycles. The van der Waals surface area contributed by atoms with E-state index in [1.807, 2.05) is 13.0 Å². The van der Waals surface area contributed by atoms with Crippen LogP contribution < -0.4 is 0 Å². The normalized spacial score (nSPS) is 16.5. The van der Waals surface area contributed by atoms with Crippen molar-refractivity contribution in [2.45, 2.75) is 141 Å². The van der Waals surface area contributed by atoms with E-state index < -0.39 is 31.7 Å². The highest BCUT2D eigenvalue weighted by Gasteiger charge is 2.40. The number of thiazole rings is 1. The number of nitrogens with zero attached hydrogens (tertiary/aromatic N) is 1. The Balaban J connectivity index is 2.37. The number of hydrogen-bond donors (Lipinski definition) is 0. The van der Waals surface area contributed by atoms with Crippen molar-refractivity contribution in [1.29, 1.82) is 0 Å². The molecule has 2 aromatic rings. The maximum Gasteiger partial charge on any atom is 0.192 e. The molecule has 0 aliphatic carbocycles. The number of sulfone groups is 1. The molecule has 1 heterocycles. The van der Waals surface area contributed by atoms with Crippen LogP contribution in [0.2, 0.25) is 36.3 Å². The number of aromatic nitrogens is 1. The second-order valence-corrected chi connectivity index (χ2v) is 28.8. The van der Waals surface area contributed by atoms with Crippen molar-refractivity contribution in [1.82, 2.24) is 4.98 Å². The van der Waals surface area contributed by atoms with Gasteiger partial charge in [0.15, 0.2) is 26.5 Å². The van der Waals surface area contributed by atoms with Crippen molar-refractivity contribution in [3.05, 3.63) is 63.6 Å². The van der Waals surface area contributed by atoms with Crippen molar-refractivity contribution in [2.24, 2.45) is 5.92 Å². The summed E-state index contributed by atoms with van der Waals surface area (Å²) in [6.45, 7) is 31.5. The summed E-state index contributed by atoms with van der Waals surface area (Å²) in [5.41, 5.74) is 3.17. The molecule has 3 atom stereocenters. The van der Waals surface area contributed by atoms with Gasteiger partial charge in [0.1, 0.15) is 0 Å². The summed E-state index contributed by atoms with van der Waals surface area (Å²) in [5.74, 6) is 0.108. The second kappa shape index (κ2) is 15.7. The molecule has 0 spiro atoms. The van der Waals surface area contributed by atoms with E-state index in [1.165, 1.54) is 0 Å².